The molecule has 4 heteroatoms. The Morgan fingerprint density at radius 3 is 2.42 bits per heavy atom. The van der Waals surface area contributed by atoms with E-state index in [-0.39, 0.29) is 5.38 Å². The Morgan fingerprint density at radius 2 is 1.84 bits per heavy atom. The minimum atomic E-state index is -0.0138. The molecular formula is C15H20BrClO2. The van der Waals surface area contributed by atoms with Crippen molar-refractivity contribution in [3.05, 3.63) is 22.2 Å². The molecule has 19 heavy (non-hydrogen) atoms. The molecule has 0 aromatic heterocycles. The molecule has 1 aliphatic carbocycles. The predicted octanol–water partition coefficient (Wildman–Crippen LogP) is 5.33. The second-order valence-corrected chi connectivity index (χ2v) is 6.46. The highest BCUT2D eigenvalue weighted by Gasteiger charge is 2.23. The van der Waals surface area contributed by atoms with Crippen molar-refractivity contribution in [1.29, 1.82) is 0 Å². The minimum absolute atomic E-state index is 0.0138. The Hall–Kier alpha value is -0.410. The monoisotopic (exact) mass is 346 g/mol. The maximum absolute atomic E-state index is 6.60. The van der Waals surface area contributed by atoms with Gasteiger partial charge in [0.15, 0.2) is 0 Å². The number of hydrogen-bond acceptors (Lipinski definition) is 2. The first-order valence-corrected chi connectivity index (χ1v) is 7.94. The first-order chi connectivity index (χ1) is 9.15. The summed E-state index contributed by atoms with van der Waals surface area (Å²) in [5.41, 5.74) is 1.02. The van der Waals surface area contributed by atoms with E-state index in [0.29, 0.717) is 0 Å². The van der Waals surface area contributed by atoms with Crippen LogP contribution in [0.1, 0.15) is 43.0 Å². The van der Waals surface area contributed by atoms with Crippen molar-refractivity contribution in [3.63, 3.8) is 0 Å². The highest BCUT2D eigenvalue weighted by Crippen LogP contribution is 2.42. The lowest BCUT2D eigenvalue weighted by Gasteiger charge is -2.19. The van der Waals surface area contributed by atoms with Crippen LogP contribution in [-0.4, -0.2) is 14.2 Å². The number of ether oxygens (including phenoxy) is 2. The first-order valence-electron chi connectivity index (χ1n) is 6.71. The number of methoxy groups -OCH3 is 2. The van der Waals surface area contributed by atoms with E-state index in [0.717, 1.165) is 33.9 Å². The van der Waals surface area contributed by atoms with Gasteiger partial charge in [0.1, 0.15) is 11.5 Å². The highest BCUT2D eigenvalue weighted by atomic mass is 79.9. The molecular weight excluding hydrogens is 328 g/mol. The van der Waals surface area contributed by atoms with E-state index in [1.807, 2.05) is 12.1 Å². The van der Waals surface area contributed by atoms with Crippen molar-refractivity contribution in [2.24, 2.45) is 5.92 Å². The molecule has 0 bridgehead atoms. The second-order valence-electron chi connectivity index (χ2n) is 5.08. The molecule has 0 spiro atoms. The summed E-state index contributed by atoms with van der Waals surface area (Å²) in [7, 11) is 3.34. The summed E-state index contributed by atoms with van der Waals surface area (Å²) in [4.78, 5) is 0. The first kappa shape index (κ1) is 15.0. The summed E-state index contributed by atoms with van der Waals surface area (Å²) in [6.45, 7) is 0. The summed E-state index contributed by atoms with van der Waals surface area (Å²) >= 11 is 10.1. The maximum atomic E-state index is 6.60. The maximum Gasteiger partial charge on any atom is 0.133 e. The molecule has 0 saturated heterocycles. The third kappa shape index (κ3) is 3.57. The normalized spacial score (nSPS) is 17.5. The predicted molar refractivity (Wildman–Crippen MR) is 82.4 cm³/mol. The molecule has 1 saturated carbocycles. The van der Waals surface area contributed by atoms with Gasteiger partial charge in [-0.25, -0.2) is 0 Å². The van der Waals surface area contributed by atoms with Gasteiger partial charge < -0.3 is 9.47 Å². The molecule has 0 radical (unpaired) electrons. The lowest BCUT2D eigenvalue weighted by atomic mass is 9.97. The van der Waals surface area contributed by atoms with E-state index in [4.69, 9.17) is 21.1 Å². The molecule has 0 aliphatic heterocycles. The molecule has 2 rings (SSSR count). The van der Waals surface area contributed by atoms with Crippen LogP contribution in [0, 0.1) is 5.92 Å². The molecule has 0 N–H and O–H groups in total. The van der Waals surface area contributed by atoms with Gasteiger partial charge in [-0.05, 0) is 40.4 Å². The lowest BCUT2D eigenvalue weighted by Crippen LogP contribution is -2.02. The van der Waals surface area contributed by atoms with Gasteiger partial charge in [0, 0.05) is 5.56 Å². The fourth-order valence-electron chi connectivity index (χ4n) is 2.79. The zero-order chi connectivity index (χ0) is 13.8. The molecule has 1 aliphatic rings. The van der Waals surface area contributed by atoms with Crippen molar-refractivity contribution in [1.82, 2.24) is 0 Å². The largest absolute Gasteiger partial charge is 0.496 e. The molecule has 106 valence electrons. The molecule has 1 atom stereocenters. The fourth-order valence-corrected chi connectivity index (χ4v) is 3.70. The Morgan fingerprint density at radius 1 is 1.21 bits per heavy atom. The van der Waals surface area contributed by atoms with Crippen LogP contribution in [0.25, 0.3) is 0 Å². The molecule has 0 heterocycles. The van der Waals surface area contributed by atoms with Gasteiger partial charge in [-0.2, -0.15) is 0 Å². The molecule has 1 aromatic rings. The van der Waals surface area contributed by atoms with E-state index in [9.17, 15) is 0 Å². The zero-order valence-corrected chi connectivity index (χ0v) is 13.8. The van der Waals surface area contributed by atoms with E-state index in [1.54, 1.807) is 14.2 Å². The van der Waals surface area contributed by atoms with Crippen molar-refractivity contribution in [2.45, 2.75) is 37.5 Å². The van der Waals surface area contributed by atoms with Gasteiger partial charge >= 0.3 is 0 Å². The van der Waals surface area contributed by atoms with Crippen molar-refractivity contribution < 1.29 is 9.47 Å². The van der Waals surface area contributed by atoms with Crippen LogP contribution in [0.2, 0.25) is 0 Å². The Balaban J connectivity index is 2.20. The molecule has 1 aromatic carbocycles. The third-order valence-electron chi connectivity index (χ3n) is 3.86. The van der Waals surface area contributed by atoms with Crippen molar-refractivity contribution >= 4 is 27.5 Å². The van der Waals surface area contributed by atoms with Gasteiger partial charge in [-0.3, -0.25) is 0 Å². The van der Waals surface area contributed by atoms with E-state index >= 15 is 0 Å². The van der Waals surface area contributed by atoms with Gasteiger partial charge in [-0.1, -0.05) is 25.7 Å². The summed E-state index contributed by atoms with van der Waals surface area (Å²) in [6, 6.07) is 3.91. The third-order valence-corrected chi connectivity index (χ3v) is 4.89. The lowest BCUT2D eigenvalue weighted by molar-refractivity contribution is 0.392. The summed E-state index contributed by atoms with van der Waals surface area (Å²) < 4.78 is 11.7. The number of halogens is 2. The number of hydrogen-bond donors (Lipinski definition) is 0. The number of rotatable bonds is 5. The van der Waals surface area contributed by atoms with Crippen LogP contribution in [0.15, 0.2) is 16.6 Å². The summed E-state index contributed by atoms with van der Waals surface area (Å²) in [6.07, 6.45) is 6.31. The molecule has 1 fully saturated rings. The van der Waals surface area contributed by atoms with Gasteiger partial charge in [-0.15, -0.1) is 11.6 Å². The van der Waals surface area contributed by atoms with Crippen LogP contribution in [0.4, 0.5) is 0 Å². The van der Waals surface area contributed by atoms with Crippen molar-refractivity contribution in [2.75, 3.05) is 14.2 Å². The van der Waals surface area contributed by atoms with Gasteiger partial charge in [0.2, 0.25) is 0 Å². The van der Waals surface area contributed by atoms with Crippen LogP contribution < -0.4 is 9.47 Å². The SMILES string of the molecule is COc1cc(C(Cl)CC2CCCC2)c(OC)cc1Br. The minimum Gasteiger partial charge on any atom is -0.496 e. The van der Waals surface area contributed by atoms with Crippen LogP contribution in [0.5, 0.6) is 11.5 Å². The van der Waals surface area contributed by atoms with Crippen LogP contribution in [0.3, 0.4) is 0 Å². The summed E-state index contributed by atoms with van der Waals surface area (Å²) in [5.74, 6) is 2.38. The van der Waals surface area contributed by atoms with E-state index in [1.165, 1.54) is 25.7 Å². The van der Waals surface area contributed by atoms with Crippen LogP contribution in [-0.2, 0) is 0 Å². The zero-order valence-electron chi connectivity index (χ0n) is 11.4. The Kier molecular flexibility index (Phi) is 5.40. The Labute approximate surface area is 128 Å². The van der Waals surface area contributed by atoms with Gasteiger partial charge in [0.25, 0.3) is 0 Å². The smallest absolute Gasteiger partial charge is 0.133 e. The summed E-state index contributed by atoms with van der Waals surface area (Å²) in [5, 5.41) is -0.0138. The fraction of sp³-hybridized carbons (Fsp3) is 0.600. The number of benzene rings is 1. The highest BCUT2D eigenvalue weighted by molar-refractivity contribution is 9.10. The topological polar surface area (TPSA) is 18.5 Å². The van der Waals surface area contributed by atoms with E-state index < -0.39 is 0 Å². The standard InChI is InChI=1S/C15H20BrClO2/c1-18-14-9-12(16)15(19-2)8-11(14)13(17)7-10-5-3-4-6-10/h8-10,13H,3-7H2,1-2H3. The average molecular weight is 348 g/mol. The van der Waals surface area contributed by atoms with Gasteiger partial charge in [0.05, 0.1) is 24.1 Å². The second kappa shape index (κ2) is 6.85. The molecule has 0 amide bonds. The van der Waals surface area contributed by atoms with Crippen LogP contribution >= 0.6 is 27.5 Å². The molecule has 2 nitrogen and oxygen atoms in total. The molecule has 1 unspecified atom stereocenters. The van der Waals surface area contributed by atoms with E-state index in [2.05, 4.69) is 15.9 Å². The quantitative estimate of drug-likeness (QED) is 0.671. The average Bonchev–Trinajstić information content (AvgIpc) is 2.91. The number of alkyl halides is 1. The Bertz CT molecular complexity index is 430. The van der Waals surface area contributed by atoms with Crippen molar-refractivity contribution in [3.8, 4) is 11.5 Å².